The van der Waals surface area contributed by atoms with Crippen molar-refractivity contribution in [2.75, 3.05) is 0 Å². The molecule has 0 aliphatic carbocycles. The zero-order valence-electron chi connectivity index (χ0n) is 10.1. The van der Waals surface area contributed by atoms with Gasteiger partial charge in [0.2, 0.25) is 0 Å². The Bertz CT molecular complexity index is 711. The predicted octanol–water partition coefficient (Wildman–Crippen LogP) is 5.38. The van der Waals surface area contributed by atoms with Crippen LogP contribution in [-0.2, 0) is 6.18 Å². The Morgan fingerprint density at radius 3 is 2.29 bits per heavy atom. The number of halogens is 6. The summed E-state index contributed by atoms with van der Waals surface area (Å²) in [7, 11) is 0. The van der Waals surface area contributed by atoms with E-state index in [9.17, 15) is 22.4 Å². The van der Waals surface area contributed by atoms with Gasteiger partial charge in [-0.1, -0.05) is 35.3 Å². The van der Waals surface area contributed by atoms with Gasteiger partial charge in [0.05, 0.1) is 15.6 Å². The maximum atomic E-state index is 13.5. The van der Waals surface area contributed by atoms with Crippen molar-refractivity contribution in [3.8, 4) is 0 Å². The van der Waals surface area contributed by atoms with Crippen molar-refractivity contribution < 1.29 is 22.4 Å². The summed E-state index contributed by atoms with van der Waals surface area (Å²) in [6.45, 7) is 0. The smallest absolute Gasteiger partial charge is 0.289 e. The third-order valence-electron chi connectivity index (χ3n) is 2.73. The molecule has 0 atom stereocenters. The van der Waals surface area contributed by atoms with Crippen LogP contribution in [0.4, 0.5) is 17.6 Å². The molecule has 0 radical (unpaired) electrons. The second-order valence-electron chi connectivity index (χ2n) is 4.12. The van der Waals surface area contributed by atoms with Gasteiger partial charge in [0.15, 0.2) is 5.78 Å². The number of benzene rings is 2. The summed E-state index contributed by atoms with van der Waals surface area (Å²) in [6.07, 6.45) is -4.82. The van der Waals surface area contributed by atoms with E-state index in [-0.39, 0.29) is 21.2 Å². The molecule has 0 heterocycles. The van der Waals surface area contributed by atoms with Crippen LogP contribution in [0.15, 0.2) is 36.4 Å². The Morgan fingerprint density at radius 1 is 1.05 bits per heavy atom. The summed E-state index contributed by atoms with van der Waals surface area (Å²) in [5.41, 5.74) is -1.69. The van der Waals surface area contributed by atoms with E-state index in [4.69, 9.17) is 23.2 Å². The van der Waals surface area contributed by atoms with Gasteiger partial charge in [-0.3, -0.25) is 4.79 Å². The van der Waals surface area contributed by atoms with E-state index in [0.29, 0.717) is 12.1 Å². The summed E-state index contributed by atoms with van der Waals surface area (Å²) in [5.74, 6) is -2.23. The summed E-state index contributed by atoms with van der Waals surface area (Å²) >= 11 is 11.6. The molecule has 21 heavy (non-hydrogen) atoms. The second-order valence-corrected chi connectivity index (χ2v) is 4.91. The standard InChI is InChI=1S/C14H6Cl2F4O/c15-10-3-1-2-8(12(10)16)13(21)7-4-5-9(11(17)6-7)14(18,19)20/h1-6H. The third kappa shape index (κ3) is 3.19. The van der Waals surface area contributed by atoms with Crippen molar-refractivity contribution in [3.05, 3.63) is 69.0 Å². The molecule has 2 aromatic carbocycles. The lowest BCUT2D eigenvalue weighted by atomic mass is 10.0. The van der Waals surface area contributed by atoms with Gasteiger partial charge < -0.3 is 0 Å². The highest BCUT2D eigenvalue weighted by Crippen LogP contribution is 2.33. The minimum Gasteiger partial charge on any atom is -0.289 e. The Morgan fingerprint density at radius 2 is 1.71 bits per heavy atom. The number of hydrogen-bond acceptors (Lipinski definition) is 1. The van der Waals surface area contributed by atoms with Crippen LogP contribution in [0.1, 0.15) is 21.5 Å². The number of alkyl halides is 3. The molecule has 0 aliphatic heterocycles. The Hall–Kier alpha value is -1.59. The normalized spacial score (nSPS) is 11.5. The highest BCUT2D eigenvalue weighted by molar-refractivity contribution is 6.44. The van der Waals surface area contributed by atoms with Crippen LogP contribution in [0, 0.1) is 5.82 Å². The van der Waals surface area contributed by atoms with Crippen LogP contribution in [-0.4, -0.2) is 5.78 Å². The van der Waals surface area contributed by atoms with Crippen molar-refractivity contribution in [1.82, 2.24) is 0 Å². The van der Waals surface area contributed by atoms with Crippen LogP contribution < -0.4 is 0 Å². The number of carbonyl (C=O) groups is 1. The maximum absolute atomic E-state index is 13.5. The summed E-state index contributed by atoms with van der Waals surface area (Å²) in [6, 6.07) is 6.21. The van der Waals surface area contributed by atoms with E-state index in [2.05, 4.69) is 0 Å². The van der Waals surface area contributed by atoms with Crippen LogP contribution in [0.5, 0.6) is 0 Å². The first-order valence-electron chi connectivity index (χ1n) is 5.57. The molecule has 0 aromatic heterocycles. The molecule has 0 unspecified atom stereocenters. The molecule has 0 spiro atoms. The fourth-order valence-corrected chi connectivity index (χ4v) is 2.11. The molecule has 0 saturated heterocycles. The Labute approximate surface area is 127 Å². The average molecular weight is 337 g/mol. The first-order valence-corrected chi connectivity index (χ1v) is 6.33. The first kappa shape index (κ1) is 15.8. The molecule has 0 saturated carbocycles. The minimum absolute atomic E-state index is 0.0108. The lowest BCUT2D eigenvalue weighted by Crippen LogP contribution is -2.10. The van der Waals surface area contributed by atoms with Gasteiger partial charge in [0, 0.05) is 11.1 Å². The van der Waals surface area contributed by atoms with Gasteiger partial charge in [-0.15, -0.1) is 0 Å². The van der Waals surface area contributed by atoms with Crippen LogP contribution in [0.2, 0.25) is 10.0 Å². The number of carbonyl (C=O) groups excluding carboxylic acids is 1. The van der Waals surface area contributed by atoms with Crippen molar-refractivity contribution in [1.29, 1.82) is 0 Å². The Balaban J connectivity index is 2.46. The molecule has 2 aromatic rings. The molecule has 7 heteroatoms. The second kappa shape index (κ2) is 5.66. The van der Waals surface area contributed by atoms with E-state index in [0.717, 1.165) is 6.07 Å². The van der Waals surface area contributed by atoms with Crippen molar-refractivity contribution in [3.63, 3.8) is 0 Å². The summed E-state index contributed by atoms with van der Waals surface area (Å²) < 4.78 is 50.8. The van der Waals surface area contributed by atoms with Gasteiger partial charge in [-0.25, -0.2) is 4.39 Å². The van der Waals surface area contributed by atoms with E-state index < -0.39 is 23.3 Å². The quantitative estimate of drug-likeness (QED) is 0.531. The molecule has 1 nitrogen and oxygen atoms in total. The fraction of sp³-hybridized carbons (Fsp3) is 0.0714. The number of hydrogen-bond donors (Lipinski definition) is 0. The Kier molecular flexibility index (Phi) is 4.25. The highest BCUT2D eigenvalue weighted by atomic mass is 35.5. The van der Waals surface area contributed by atoms with Gasteiger partial charge in [0.1, 0.15) is 5.82 Å². The van der Waals surface area contributed by atoms with Crippen molar-refractivity contribution >= 4 is 29.0 Å². The van der Waals surface area contributed by atoms with Gasteiger partial charge in [-0.05, 0) is 24.3 Å². The molecular formula is C14H6Cl2F4O. The first-order chi connectivity index (χ1) is 9.71. The average Bonchev–Trinajstić information content (AvgIpc) is 2.39. The minimum atomic E-state index is -4.82. The van der Waals surface area contributed by atoms with E-state index in [1.807, 2.05) is 0 Å². The van der Waals surface area contributed by atoms with Crippen LogP contribution in [0.3, 0.4) is 0 Å². The summed E-state index contributed by atoms with van der Waals surface area (Å²) in [5, 5.41) is 0.0828. The largest absolute Gasteiger partial charge is 0.419 e. The molecule has 2 rings (SSSR count). The molecule has 0 amide bonds. The number of rotatable bonds is 2. The zero-order chi connectivity index (χ0) is 15.8. The van der Waals surface area contributed by atoms with Crippen LogP contribution >= 0.6 is 23.2 Å². The lowest BCUT2D eigenvalue weighted by Gasteiger charge is -2.10. The molecule has 110 valence electrons. The number of ketones is 1. The van der Waals surface area contributed by atoms with Gasteiger partial charge in [-0.2, -0.15) is 13.2 Å². The molecule has 0 aliphatic rings. The van der Waals surface area contributed by atoms with Gasteiger partial charge in [0.25, 0.3) is 0 Å². The molecule has 0 N–H and O–H groups in total. The van der Waals surface area contributed by atoms with E-state index in [1.165, 1.54) is 18.2 Å². The molecule has 0 bridgehead atoms. The SMILES string of the molecule is O=C(c1ccc(C(F)(F)F)c(F)c1)c1cccc(Cl)c1Cl. The lowest BCUT2D eigenvalue weighted by molar-refractivity contribution is -0.140. The van der Waals surface area contributed by atoms with Gasteiger partial charge >= 0.3 is 6.18 Å². The zero-order valence-corrected chi connectivity index (χ0v) is 11.7. The molecular weight excluding hydrogens is 331 g/mol. The predicted molar refractivity (Wildman–Crippen MR) is 71.3 cm³/mol. The fourth-order valence-electron chi connectivity index (χ4n) is 1.72. The monoisotopic (exact) mass is 336 g/mol. The van der Waals surface area contributed by atoms with Crippen LogP contribution in [0.25, 0.3) is 0 Å². The van der Waals surface area contributed by atoms with Crippen molar-refractivity contribution in [2.45, 2.75) is 6.18 Å². The van der Waals surface area contributed by atoms with E-state index in [1.54, 1.807) is 0 Å². The third-order valence-corrected chi connectivity index (χ3v) is 3.55. The summed E-state index contributed by atoms with van der Waals surface area (Å²) in [4.78, 5) is 12.1. The highest BCUT2D eigenvalue weighted by Gasteiger charge is 2.34. The molecule has 0 fully saturated rings. The topological polar surface area (TPSA) is 17.1 Å². The maximum Gasteiger partial charge on any atom is 0.419 e. The van der Waals surface area contributed by atoms with Crippen molar-refractivity contribution in [2.24, 2.45) is 0 Å². The van der Waals surface area contributed by atoms with E-state index >= 15 is 0 Å².